The van der Waals surface area contributed by atoms with Crippen molar-refractivity contribution in [2.24, 2.45) is 0 Å². The van der Waals surface area contributed by atoms with Gasteiger partial charge in [-0.05, 0) is 24.1 Å². The van der Waals surface area contributed by atoms with Crippen LogP contribution in [0.4, 0.5) is 24.7 Å². The van der Waals surface area contributed by atoms with Gasteiger partial charge in [0, 0.05) is 11.8 Å². The van der Waals surface area contributed by atoms with Gasteiger partial charge in [-0.15, -0.1) is 0 Å². The Morgan fingerprint density at radius 2 is 1.93 bits per heavy atom. The molecular weight excluding hydrogens is 403 g/mol. The van der Waals surface area contributed by atoms with Gasteiger partial charge in [0.15, 0.2) is 11.5 Å². The van der Waals surface area contributed by atoms with Crippen molar-refractivity contribution < 1.29 is 18.0 Å². The summed E-state index contributed by atoms with van der Waals surface area (Å²) in [6, 6.07) is 6.92. The van der Waals surface area contributed by atoms with Crippen molar-refractivity contribution >= 4 is 53.6 Å². The summed E-state index contributed by atoms with van der Waals surface area (Å²) >= 11 is 9.43. The van der Waals surface area contributed by atoms with Crippen LogP contribution in [0.3, 0.4) is 0 Å². The third kappa shape index (κ3) is 4.99. The first-order valence-electron chi connectivity index (χ1n) is 6.84. The van der Waals surface area contributed by atoms with E-state index in [1.165, 1.54) is 23.0 Å². The van der Waals surface area contributed by atoms with Gasteiger partial charge in [0.05, 0.1) is 23.0 Å². The summed E-state index contributed by atoms with van der Waals surface area (Å²) < 4.78 is 40.1. The van der Waals surface area contributed by atoms with Crippen molar-refractivity contribution in [2.45, 2.75) is 6.18 Å². The molecule has 6 nitrogen and oxygen atoms in total. The summed E-state index contributed by atoms with van der Waals surface area (Å²) in [5.74, 6) is 3.05. The number of anilines is 2. The molecule has 0 radical (unpaired) electrons. The van der Waals surface area contributed by atoms with Crippen LogP contribution in [0.1, 0.15) is 11.1 Å². The fourth-order valence-corrected chi connectivity index (χ4v) is 2.26. The average molecular weight is 414 g/mol. The number of hydrogen-bond acceptors (Lipinski definition) is 6. The maximum Gasteiger partial charge on any atom is 0.417 e. The lowest BCUT2D eigenvalue weighted by molar-refractivity contribution is -0.137. The minimum Gasteiger partial charge on any atom is -0.339 e. The number of rotatable bonds is 2. The van der Waals surface area contributed by atoms with E-state index in [0.717, 1.165) is 12.1 Å². The number of carbonyl (C=O) groups excluding carboxylic acids is 1. The number of nitriles is 1. The Morgan fingerprint density at radius 1 is 1.26 bits per heavy atom. The zero-order valence-corrected chi connectivity index (χ0v) is 15.1. The number of thiocarbonyl (C=S) groups is 1. The summed E-state index contributed by atoms with van der Waals surface area (Å²) in [4.78, 5) is 12.0. The van der Waals surface area contributed by atoms with E-state index in [0.29, 0.717) is 5.65 Å². The lowest BCUT2D eigenvalue weighted by Gasteiger charge is -2.13. The molecule has 0 amide bonds. The highest BCUT2D eigenvalue weighted by Gasteiger charge is 2.33. The second-order valence-electron chi connectivity index (χ2n) is 4.55. The van der Waals surface area contributed by atoms with Crippen LogP contribution >= 0.6 is 23.8 Å². The molecule has 0 aliphatic rings. The van der Waals surface area contributed by atoms with Crippen molar-refractivity contribution in [3.63, 3.8) is 0 Å². The van der Waals surface area contributed by atoms with Gasteiger partial charge in [-0.25, -0.2) is 4.98 Å². The molecule has 0 spiro atoms. The fourth-order valence-electron chi connectivity index (χ4n) is 2.03. The number of fused-ring (bicyclic) bond motifs is 1. The van der Waals surface area contributed by atoms with Gasteiger partial charge in [-0.1, -0.05) is 23.8 Å². The van der Waals surface area contributed by atoms with Crippen LogP contribution in [0, 0.1) is 11.3 Å². The van der Waals surface area contributed by atoms with Gasteiger partial charge in [-0.2, -0.15) is 28.0 Å². The molecule has 0 aliphatic carbocycles. The summed E-state index contributed by atoms with van der Waals surface area (Å²) in [7, 11) is 0. The Bertz CT molecular complexity index is 969. The van der Waals surface area contributed by atoms with E-state index in [-0.39, 0.29) is 17.1 Å². The molecule has 0 saturated heterocycles. The number of aromatic nitrogens is 3. The van der Waals surface area contributed by atoms with E-state index in [1.54, 1.807) is 6.07 Å². The van der Waals surface area contributed by atoms with E-state index in [2.05, 4.69) is 33.5 Å². The second kappa shape index (κ2) is 9.61. The predicted octanol–water partition coefficient (Wildman–Crippen LogP) is 4.45. The van der Waals surface area contributed by atoms with Crippen LogP contribution in [0.15, 0.2) is 36.7 Å². The van der Waals surface area contributed by atoms with Crippen LogP contribution in [0.5, 0.6) is 0 Å². The highest BCUT2D eigenvalue weighted by atomic mass is 35.5. The zero-order chi connectivity index (χ0) is 20.6. The van der Waals surface area contributed by atoms with Crippen molar-refractivity contribution in [1.29, 1.82) is 5.26 Å². The van der Waals surface area contributed by atoms with Crippen molar-refractivity contribution in [2.75, 3.05) is 5.32 Å². The summed E-state index contributed by atoms with van der Waals surface area (Å²) in [5.41, 5.74) is -0.240. The second-order valence-corrected chi connectivity index (χ2v) is 4.96. The molecule has 27 heavy (non-hydrogen) atoms. The van der Waals surface area contributed by atoms with E-state index in [4.69, 9.17) is 21.7 Å². The molecule has 3 rings (SSSR count). The lowest BCUT2D eigenvalue weighted by Crippen LogP contribution is -2.08. The van der Waals surface area contributed by atoms with Gasteiger partial charge in [-0.3, -0.25) is 0 Å². The number of nitrogens with one attached hydrogen (secondary N) is 1. The average Bonchev–Trinajstić information content (AvgIpc) is 3.15. The molecule has 140 valence electrons. The van der Waals surface area contributed by atoms with Crippen LogP contribution in [0.2, 0.25) is 5.02 Å². The van der Waals surface area contributed by atoms with Gasteiger partial charge in [0.2, 0.25) is 0 Å². The lowest BCUT2D eigenvalue weighted by atomic mass is 10.2. The SMILES string of the molecule is C=O.C=S.N#Cc1cnc2ccnn2c1Nc1ccc(Cl)c(C(F)(F)F)c1. The van der Waals surface area contributed by atoms with E-state index >= 15 is 0 Å². The Balaban J connectivity index is 0.000000855. The summed E-state index contributed by atoms with van der Waals surface area (Å²) in [6.45, 7) is 2.00. The molecule has 0 saturated carbocycles. The van der Waals surface area contributed by atoms with E-state index in [9.17, 15) is 13.2 Å². The molecule has 0 bridgehead atoms. The Hall–Kier alpha value is -3.03. The monoisotopic (exact) mass is 413 g/mol. The van der Waals surface area contributed by atoms with E-state index < -0.39 is 16.8 Å². The quantitative estimate of drug-likeness (QED) is 0.625. The predicted molar refractivity (Wildman–Crippen MR) is 99.3 cm³/mol. The maximum atomic E-state index is 12.9. The maximum absolute atomic E-state index is 12.9. The Labute approximate surface area is 162 Å². The molecule has 1 N–H and O–H groups in total. The highest BCUT2D eigenvalue weighted by molar-refractivity contribution is 7.77. The van der Waals surface area contributed by atoms with Gasteiger partial charge < -0.3 is 10.1 Å². The number of benzene rings is 1. The molecule has 11 heteroatoms. The first kappa shape index (κ1) is 22.0. The van der Waals surface area contributed by atoms with E-state index in [1.807, 2.05) is 12.9 Å². The van der Waals surface area contributed by atoms with Crippen LogP contribution < -0.4 is 5.32 Å². The number of hydrogen-bond donors (Lipinski definition) is 1. The van der Waals surface area contributed by atoms with Crippen molar-refractivity contribution in [3.8, 4) is 6.07 Å². The number of alkyl halides is 3. The number of halogens is 4. The zero-order valence-electron chi connectivity index (χ0n) is 13.5. The van der Waals surface area contributed by atoms with Crippen molar-refractivity contribution in [3.05, 3.63) is 52.8 Å². The van der Waals surface area contributed by atoms with Crippen LogP contribution in [0.25, 0.3) is 5.65 Å². The normalized spacial score (nSPS) is 10.0. The molecule has 0 unspecified atom stereocenters. The van der Waals surface area contributed by atoms with Gasteiger partial charge in [0.1, 0.15) is 18.4 Å². The standard InChI is InChI=1S/C14H7ClF3N5.CH2O.CH2S/c15-11-2-1-9(5-10(11)14(16,17)18)22-13-8(6-19)7-20-12-3-4-21-23(12)13;2*1-2/h1-5,7,22H;2*1H2. The number of nitrogens with zero attached hydrogens (tertiary/aromatic N) is 4. The first-order chi connectivity index (χ1) is 12.9. The summed E-state index contributed by atoms with van der Waals surface area (Å²) in [5, 5.41) is 15.5. The Morgan fingerprint density at radius 3 is 2.52 bits per heavy atom. The molecule has 2 aromatic heterocycles. The topological polar surface area (TPSA) is 83.1 Å². The Kier molecular flexibility index (Phi) is 7.83. The molecule has 0 aliphatic heterocycles. The van der Waals surface area contributed by atoms with Crippen LogP contribution in [-0.4, -0.2) is 27.3 Å². The smallest absolute Gasteiger partial charge is 0.339 e. The minimum absolute atomic E-state index is 0.126. The summed E-state index contributed by atoms with van der Waals surface area (Å²) in [6.07, 6.45) is -1.79. The molecule has 2 heterocycles. The third-order valence-electron chi connectivity index (χ3n) is 3.07. The van der Waals surface area contributed by atoms with Gasteiger partial charge in [0.25, 0.3) is 0 Å². The molecule has 1 aromatic carbocycles. The first-order valence-corrected chi connectivity index (χ1v) is 7.80. The van der Waals surface area contributed by atoms with Crippen LogP contribution in [-0.2, 0) is 11.0 Å². The molecular formula is C16H11ClF3N5OS. The van der Waals surface area contributed by atoms with Crippen molar-refractivity contribution in [1.82, 2.24) is 14.6 Å². The molecule has 0 atom stereocenters. The minimum atomic E-state index is -4.58. The fraction of sp³-hybridized carbons (Fsp3) is 0.0625. The van der Waals surface area contributed by atoms with Gasteiger partial charge >= 0.3 is 6.18 Å². The number of carbonyl (C=O) groups is 1. The molecule has 3 aromatic rings. The molecule has 0 fully saturated rings. The largest absolute Gasteiger partial charge is 0.417 e. The highest BCUT2D eigenvalue weighted by Crippen LogP contribution is 2.36. The third-order valence-corrected chi connectivity index (χ3v) is 3.40.